The molecule has 1 aliphatic rings. The van der Waals surface area contributed by atoms with Gasteiger partial charge in [-0.05, 0) is 89.3 Å². The summed E-state index contributed by atoms with van der Waals surface area (Å²) >= 11 is 0. The third-order valence-electron chi connectivity index (χ3n) is 5.69. The van der Waals surface area contributed by atoms with Gasteiger partial charge in [0.05, 0.1) is 16.6 Å². The maximum Gasteiger partial charge on any atom is 0.416 e. The quantitative estimate of drug-likeness (QED) is 0.401. The maximum atomic E-state index is 13.4. The minimum atomic E-state index is -4.73. The van der Waals surface area contributed by atoms with E-state index in [-0.39, 0.29) is 18.4 Å². The number of halogens is 3. The highest BCUT2D eigenvalue weighted by molar-refractivity contribution is 7.91. The van der Waals surface area contributed by atoms with Crippen LogP contribution in [0.15, 0.2) is 41.3 Å². The Morgan fingerprint density at radius 2 is 1.84 bits per heavy atom. The zero-order valence-electron chi connectivity index (χ0n) is 22.1. The van der Waals surface area contributed by atoms with E-state index >= 15 is 0 Å². The molecule has 210 valence electrons. The van der Waals surface area contributed by atoms with Crippen LogP contribution < -0.4 is 14.8 Å². The van der Waals surface area contributed by atoms with Gasteiger partial charge in [-0.2, -0.15) is 13.2 Å². The summed E-state index contributed by atoms with van der Waals surface area (Å²) in [6.07, 6.45) is -3.13. The van der Waals surface area contributed by atoms with Gasteiger partial charge in [-0.25, -0.2) is 13.2 Å². The average Bonchev–Trinajstić information content (AvgIpc) is 2.79. The number of hydrogen-bond donors (Lipinski definition) is 1. The molecule has 1 aliphatic carbocycles. The molecule has 2 aromatic carbocycles. The number of esters is 1. The molecule has 0 unspecified atom stereocenters. The average molecular weight is 558 g/mol. The van der Waals surface area contributed by atoms with Crippen LogP contribution in [0.2, 0.25) is 0 Å². The largest absolute Gasteiger partial charge is 0.491 e. The standard InChI is InChI=1S/C27H34F3NO6S/c1-17(2)36-19-12-18(27(28,29)30)13-20(14-19)38(33,34)16-31-23-10-6-9-22-21(23)8-7-11-24(22)35-15-25(32)37-26(3,4)5/h7-8,11-14,17,23,31H,6,9-10,15-16H2,1-5H3/t23-/m1/s1. The Balaban J connectivity index is 1.78. The van der Waals surface area contributed by atoms with Crippen LogP contribution in [0, 0.1) is 0 Å². The third-order valence-corrected chi connectivity index (χ3v) is 7.19. The first-order valence-electron chi connectivity index (χ1n) is 12.4. The Kier molecular flexibility index (Phi) is 9.03. The predicted octanol–water partition coefficient (Wildman–Crippen LogP) is 5.61. The monoisotopic (exact) mass is 557 g/mol. The first-order valence-corrected chi connectivity index (χ1v) is 14.0. The molecule has 0 aromatic heterocycles. The van der Waals surface area contributed by atoms with Gasteiger partial charge in [0.25, 0.3) is 0 Å². The Morgan fingerprint density at radius 1 is 1.13 bits per heavy atom. The van der Waals surface area contributed by atoms with Crippen LogP contribution in [-0.2, 0) is 32.0 Å². The first kappa shape index (κ1) is 29.8. The van der Waals surface area contributed by atoms with Gasteiger partial charge in [0.15, 0.2) is 16.4 Å². The molecule has 0 bridgehead atoms. The summed E-state index contributed by atoms with van der Waals surface area (Å²) in [4.78, 5) is 11.6. The molecular formula is C27H34F3NO6S. The highest BCUT2D eigenvalue weighted by Gasteiger charge is 2.33. The normalized spacial score (nSPS) is 16.2. The van der Waals surface area contributed by atoms with E-state index in [0.29, 0.717) is 24.7 Å². The smallest absolute Gasteiger partial charge is 0.416 e. The Bertz CT molecular complexity index is 1250. The van der Waals surface area contributed by atoms with Crippen molar-refractivity contribution in [3.05, 3.63) is 53.1 Å². The van der Waals surface area contributed by atoms with E-state index in [1.807, 2.05) is 6.07 Å². The molecule has 3 rings (SSSR count). The second-order valence-electron chi connectivity index (χ2n) is 10.5. The van der Waals surface area contributed by atoms with E-state index in [1.54, 1.807) is 46.8 Å². The van der Waals surface area contributed by atoms with E-state index < -0.39 is 50.0 Å². The molecule has 38 heavy (non-hydrogen) atoms. The molecule has 0 fully saturated rings. The summed E-state index contributed by atoms with van der Waals surface area (Å²) in [5.41, 5.74) is -0.0628. The van der Waals surface area contributed by atoms with Crippen molar-refractivity contribution in [2.45, 2.75) is 82.7 Å². The number of ether oxygens (including phenoxy) is 3. The number of benzene rings is 2. The number of rotatable bonds is 9. The summed E-state index contributed by atoms with van der Waals surface area (Å²) in [5.74, 6) is -0.726. The number of carbonyl (C=O) groups excluding carboxylic acids is 1. The van der Waals surface area contributed by atoms with Crippen molar-refractivity contribution in [1.82, 2.24) is 5.32 Å². The lowest BCUT2D eigenvalue weighted by Crippen LogP contribution is -2.31. The van der Waals surface area contributed by atoms with E-state index in [1.165, 1.54) is 0 Å². The fraction of sp³-hybridized carbons (Fsp3) is 0.519. The van der Waals surface area contributed by atoms with Crippen molar-refractivity contribution in [3.8, 4) is 11.5 Å². The number of carbonyl (C=O) groups is 1. The van der Waals surface area contributed by atoms with Crippen LogP contribution in [0.5, 0.6) is 11.5 Å². The molecule has 0 saturated heterocycles. The third kappa shape index (κ3) is 8.10. The van der Waals surface area contributed by atoms with Gasteiger partial charge in [0.1, 0.15) is 23.0 Å². The van der Waals surface area contributed by atoms with Crippen LogP contribution in [0.25, 0.3) is 0 Å². The minimum absolute atomic E-state index is 0.164. The molecular weight excluding hydrogens is 523 g/mol. The second-order valence-corrected chi connectivity index (χ2v) is 12.5. The number of fused-ring (bicyclic) bond motifs is 1. The van der Waals surface area contributed by atoms with Gasteiger partial charge < -0.3 is 14.2 Å². The molecule has 0 aliphatic heterocycles. The lowest BCUT2D eigenvalue weighted by atomic mass is 9.87. The van der Waals surface area contributed by atoms with Crippen LogP contribution in [0.4, 0.5) is 13.2 Å². The molecule has 7 nitrogen and oxygen atoms in total. The molecule has 0 saturated carbocycles. The summed E-state index contributed by atoms with van der Waals surface area (Å²) in [6.45, 7) is 8.30. The summed E-state index contributed by atoms with van der Waals surface area (Å²) in [6, 6.07) is 7.50. The highest BCUT2D eigenvalue weighted by Crippen LogP contribution is 2.37. The maximum absolute atomic E-state index is 13.4. The molecule has 0 amide bonds. The Hall–Kier alpha value is -2.79. The van der Waals surface area contributed by atoms with Gasteiger partial charge >= 0.3 is 12.1 Å². The van der Waals surface area contributed by atoms with E-state index in [4.69, 9.17) is 14.2 Å². The Labute approximate surface area is 221 Å². The molecule has 2 aromatic rings. The molecule has 0 heterocycles. The van der Waals surface area contributed by atoms with E-state index in [0.717, 1.165) is 29.7 Å². The predicted molar refractivity (Wildman–Crippen MR) is 136 cm³/mol. The number of nitrogens with one attached hydrogen (secondary N) is 1. The zero-order valence-corrected chi connectivity index (χ0v) is 23.0. The number of alkyl halides is 3. The highest BCUT2D eigenvalue weighted by atomic mass is 32.2. The lowest BCUT2D eigenvalue weighted by Gasteiger charge is -2.28. The van der Waals surface area contributed by atoms with Gasteiger partial charge in [-0.1, -0.05) is 12.1 Å². The van der Waals surface area contributed by atoms with Crippen molar-refractivity contribution in [2.24, 2.45) is 0 Å². The topological polar surface area (TPSA) is 90.9 Å². The van der Waals surface area contributed by atoms with Crippen LogP contribution in [0.1, 0.15) is 70.2 Å². The zero-order chi connectivity index (χ0) is 28.3. The van der Waals surface area contributed by atoms with Crippen molar-refractivity contribution in [3.63, 3.8) is 0 Å². The number of sulfone groups is 1. The lowest BCUT2D eigenvalue weighted by molar-refractivity contribution is -0.157. The summed E-state index contributed by atoms with van der Waals surface area (Å²) in [5, 5.41) is 3.00. The van der Waals surface area contributed by atoms with E-state index in [2.05, 4.69) is 5.32 Å². The van der Waals surface area contributed by atoms with Crippen molar-refractivity contribution in [1.29, 1.82) is 0 Å². The van der Waals surface area contributed by atoms with Crippen LogP contribution >= 0.6 is 0 Å². The number of hydrogen-bond acceptors (Lipinski definition) is 7. The molecule has 1 atom stereocenters. The van der Waals surface area contributed by atoms with Crippen LogP contribution in [-0.4, -0.2) is 38.6 Å². The fourth-order valence-electron chi connectivity index (χ4n) is 4.22. The molecule has 11 heteroatoms. The fourth-order valence-corrected chi connectivity index (χ4v) is 5.41. The van der Waals surface area contributed by atoms with E-state index in [9.17, 15) is 26.4 Å². The minimum Gasteiger partial charge on any atom is -0.491 e. The summed E-state index contributed by atoms with van der Waals surface area (Å²) in [7, 11) is -4.14. The SMILES string of the molecule is CC(C)Oc1cc(C(F)(F)F)cc(S(=O)(=O)CN[C@@H]2CCCc3c(OCC(=O)OC(C)(C)C)cccc32)c1. The summed E-state index contributed by atoms with van der Waals surface area (Å²) < 4.78 is 82.9. The van der Waals surface area contributed by atoms with Crippen molar-refractivity contribution < 1.29 is 40.6 Å². The second kappa shape index (κ2) is 11.5. The van der Waals surface area contributed by atoms with Gasteiger partial charge in [0.2, 0.25) is 0 Å². The Morgan fingerprint density at radius 3 is 2.47 bits per heavy atom. The van der Waals surface area contributed by atoms with Crippen LogP contribution in [0.3, 0.4) is 0 Å². The first-order chi connectivity index (χ1) is 17.5. The van der Waals surface area contributed by atoms with Gasteiger partial charge in [-0.15, -0.1) is 0 Å². The van der Waals surface area contributed by atoms with Gasteiger partial charge in [-0.3, -0.25) is 5.32 Å². The molecule has 1 N–H and O–H groups in total. The molecule has 0 radical (unpaired) electrons. The molecule has 0 spiro atoms. The van der Waals surface area contributed by atoms with Crippen molar-refractivity contribution >= 4 is 15.8 Å². The van der Waals surface area contributed by atoms with Crippen molar-refractivity contribution in [2.75, 3.05) is 12.5 Å². The van der Waals surface area contributed by atoms with Gasteiger partial charge in [0, 0.05) is 6.04 Å².